The van der Waals surface area contributed by atoms with Gasteiger partial charge >= 0.3 is 5.69 Å². The molecule has 0 aliphatic rings. The van der Waals surface area contributed by atoms with Crippen molar-refractivity contribution >= 4 is 49.7 Å². The fourth-order valence-corrected chi connectivity index (χ4v) is 3.09. The Morgan fingerprint density at radius 1 is 1.50 bits per heavy atom. The second-order valence-corrected chi connectivity index (χ2v) is 5.57. The number of benzene rings is 1. The highest BCUT2D eigenvalue weighted by Crippen LogP contribution is 2.35. The van der Waals surface area contributed by atoms with Crippen LogP contribution in [0.2, 0.25) is 0 Å². The van der Waals surface area contributed by atoms with Gasteiger partial charge in [0.2, 0.25) is 5.82 Å². The van der Waals surface area contributed by atoms with E-state index in [1.54, 1.807) is 12.1 Å². The van der Waals surface area contributed by atoms with Gasteiger partial charge in [-0.1, -0.05) is 6.07 Å². The van der Waals surface area contributed by atoms with Crippen molar-refractivity contribution in [1.29, 1.82) is 0 Å². The van der Waals surface area contributed by atoms with Crippen LogP contribution in [0.1, 0.15) is 0 Å². The molecule has 0 saturated heterocycles. The van der Waals surface area contributed by atoms with E-state index in [9.17, 15) is 14.5 Å². The molecule has 0 N–H and O–H groups in total. The highest BCUT2D eigenvalue weighted by atomic mass is 127. The summed E-state index contributed by atoms with van der Waals surface area (Å²) in [6.45, 7) is 0. The van der Waals surface area contributed by atoms with Gasteiger partial charge in [0.1, 0.15) is 4.70 Å². The Kier molecular flexibility index (Phi) is 2.40. The Labute approximate surface area is 95.8 Å². The minimum absolute atomic E-state index is 0.402. The molecule has 14 heavy (non-hydrogen) atoms. The number of rotatable bonds is 1. The molecule has 0 atom stereocenters. The van der Waals surface area contributed by atoms with Crippen molar-refractivity contribution in [3.8, 4) is 0 Å². The first-order valence-electron chi connectivity index (χ1n) is 3.61. The lowest BCUT2D eigenvalue weighted by Gasteiger charge is -1.94. The van der Waals surface area contributed by atoms with Gasteiger partial charge in [-0.15, -0.1) is 11.3 Å². The lowest BCUT2D eigenvalue weighted by Crippen LogP contribution is -1.91. The van der Waals surface area contributed by atoms with Crippen molar-refractivity contribution in [3.05, 3.63) is 37.0 Å². The van der Waals surface area contributed by atoms with Gasteiger partial charge in [0, 0.05) is 5.39 Å². The maximum atomic E-state index is 13.1. The average molecular weight is 323 g/mol. The van der Waals surface area contributed by atoms with Gasteiger partial charge in [0.15, 0.2) is 0 Å². The number of thiophene rings is 1. The molecule has 1 aromatic carbocycles. The van der Waals surface area contributed by atoms with E-state index >= 15 is 0 Å². The third kappa shape index (κ3) is 1.48. The van der Waals surface area contributed by atoms with Crippen LogP contribution in [0.5, 0.6) is 0 Å². The monoisotopic (exact) mass is 323 g/mol. The zero-order valence-electron chi connectivity index (χ0n) is 6.66. The van der Waals surface area contributed by atoms with E-state index in [4.69, 9.17) is 0 Å². The molecule has 0 spiro atoms. The summed E-state index contributed by atoms with van der Waals surface area (Å²) in [5.74, 6) is -0.777. The second kappa shape index (κ2) is 3.43. The molecule has 2 rings (SSSR count). The van der Waals surface area contributed by atoms with Gasteiger partial charge < -0.3 is 0 Å². The topological polar surface area (TPSA) is 43.1 Å². The van der Waals surface area contributed by atoms with Crippen LogP contribution in [-0.2, 0) is 0 Å². The zero-order valence-corrected chi connectivity index (χ0v) is 9.63. The number of halogens is 2. The smallest absolute Gasteiger partial charge is 0.258 e. The minimum Gasteiger partial charge on any atom is -0.258 e. The number of fused-ring (bicyclic) bond motifs is 1. The number of nitro benzene ring substituents is 1. The van der Waals surface area contributed by atoms with E-state index in [0.29, 0.717) is 10.1 Å². The SMILES string of the molecule is O=[N+]([O-])c1c(F)ccc2cc(I)sc12. The van der Waals surface area contributed by atoms with Gasteiger partial charge in [-0.25, -0.2) is 0 Å². The molecule has 0 aliphatic heterocycles. The number of nitrogens with zero attached hydrogens (tertiary/aromatic N) is 1. The predicted octanol–water partition coefficient (Wildman–Crippen LogP) is 3.55. The summed E-state index contributed by atoms with van der Waals surface area (Å²) in [4.78, 5) is 9.94. The molecule has 0 saturated carbocycles. The molecule has 0 amide bonds. The van der Waals surface area contributed by atoms with E-state index < -0.39 is 16.4 Å². The van der Waals surface area contributed by atoms with Gasteiger partial charge in [-0.2, -0.15) is 4.39 Å². The van der Waals surface area contributed by atoms with E-state index in [2.05, 4.69) is 22.6 Å². The molecule has 0 unspecified atom stereocenters. The summed E-state index contributed by atoms with van der Waals surface area (Å²) in [6, 6.07) is 4.48. The number of nitro groups is 1. The van der Waals surface area contributed by atoms with Crippen LogP contribution in [-0.4, -0.2) is 4.92 Å². The normalized spacial score (nSPS) is 10.7. The number of hydrogen-bond donors (Lipinski definition) is 0. The van der Waals surface area contributed by atoms with Crippen LogP contribution >= 0.6 is 33.9 Å². The summed E-state index contributed by atoms with van der Waals surface area (Å²) in [5, 5.41) is 11.3. The Bertz CT molecular complexity index is 525. The third-order valence-corrected chi connectivity index (χ3v) is 3.68. The summed E-state index contributed by atoms with van der Waals surface area (Å²) >= 11 is 3.28. The highest BCUT2D eigenvalue weighted by Gasteiger charge is 2.20. The molecule has 0 bridgehead atoms. The molecule has 0 fully saturated rings. The Morgan fingerprint density at radius 2 is 2.21 bits per heavy atom. The lowest BCUT2D eigenvalue weighted by atomic mass is 10.2. The minimum atomic E-state index is -0.777. The first kappa shape index (κ1) is 9.78. The quantitative estimate of drug-likeness (QED) is 0.458. The molecule has 3 nitrogen and oxygen atoms in total. The second-order valence-electron chi connectivity index (χ2n) is 2.62. The standard InChI is InChI=1S/C8H3FINO2S/c9-5-2-1-4-3-6(10)14-8(4)7(5)11(12)13/h1-3H. The van der Waals surface area contributed by atoms with Gasteiger partial charge in [0.05, 0.1) is 7.81 Å². The van der Waals surface area contributed by atoms with Crippen LogP contribution in [0.25, 0.3) is 10.1 Å². The molecule has 72 valence electrons. The molecule has 1 aromatic heterocycles. The molecular weight excluding hydrogens is 320 g/mol. The molecular formula is C8H3FINO2S. The van der Waals surface area contributed by atoms with Crippen molar-refractivity contribution in [2.45, 2.75) is 0 Å². The van der Waals surface area contributed by atoms with Crippen molar-refractivity contribution in [3.63, 3.8) is 0 Å². The Hall–Kier alpha value is -0.760. The molecule has 2 aromatic rings. The third-order valence-electron chi connectivity index (χ3n) is 1.76. The van der Waals surface area contributed by atoms with Crippen molar-refractivity contribution in [1.82, 2.24) is 0 Å². The van der Waals surface area contributed by atoms with E-state index in [1.807, 2.05) is 0 Å². The van der Waals surface area contributed by atoms with Crippen LogP contribution in [0.4, 0.5) is 10.1 Å². The summed E-state index contributed by atoms with van der Waals surface area (Å²) in [5.41, 5.74) is -0.421. The fraction of sp³-hybridized carbons (Fsp3) is 0. The largest absolute Gasteiger partial charge is 0.322 e. The first-order valence-corrected chi connectivity index (χ1v) is 5.51. The average Bonchev–Trinajstić information content (AvgIpc) is 2.43. The molecule has 0 radical (unpaired) electrons. The van der Waals surface area contributed by atoms with Gasteiger partial charge in [-0.3, -0.25) is 10.1 Å². The Balaban J connectivity index is 2.88. The van der Waals surface area contributed by atoms with E-state index in [1.165, 1.54) is 11.3 Å². The van der Waals surface area contributed by atoms with Gasteiger partial charge in [0.25, 0.3) is 0 Å². The number of hydrogen-bond acceptors (Lipinski definition) is 3. The van der Waals surface area contributed by atoms with Crippen LogP contribution in [0, 0.1) is 18.8 Å². The highest BCUT2D eigenvalue weighted by molar-refractivity contribution is 14.1. The molecule has 6 heteroatoms. The molecule has 0 aliphatic carbocycles. The fourth-order valence-electron chi connectivity index (χ4n) is 1.20. The van der Waals surface area contributed by atoms with Crippen molar-refractivity contribution in [2.75, 3.05) is 0 Å². The maximum Gasteiger partial charge on any atom is 0.322 e. The maximum absolute atomic E-state index is 13.1. The van der Waals surface area contributed by atoms with Crippen LogP contribution in [0.15, 0.2) is 18.2 Å². The van der Waals surface area contributed by atoms with E-state index in [0.717, 1.165) is 8.95 Å². The summed E-state index contributed by atoms with van der Waals surface area (Å²) < 4.78 is 14.5. The van der Waals surface area contributed by atoms with Crippen molar-refractivity contribution < 1.29 is 9.31 Å². The van der Waals surface area contributed by atoms with Crippen LogP contribution in [0.3, 0.4) is 0 Å². The molecule has 1 heterocycles. The Morgan fingerprint density at radius 3 is 2.86 bits per heavy atom. The van der Waals surface area contributed by atoms with Crippen LogP contribution < -0.4 is 0 Å². The lowest BCUT2D eigenvalue weighted by molar-refractivity contribution is -0.385. The zero-order chi connectivity index (χ0) is 10.3. The summed E-state index contributed by atoms with van der Waals surface area (Å²) in [6.07, 6.45) is 0. The first-order chi connectivity index (χ1) is 6.59. The van der Waals surface area contributed by atoms with Crippen molar-refractivity contribution in [2.24, 2.45) is 0 Å². The van der Waals surface area contributed by atoms with E-state index in [-0.39, 0.29) is 0 Å². The summed E-state index contributed by atoms with van der Waals surface area (Å²) in [7, 11) is 0. The van der Waals surface area contributed by atoms with Gasteiger partial charge in [-0.05, 0) is 34.7 Å². The predicted molar refractivity (Wildman–Crippen MR) is 61.2 cm³/mol.